The molecule has 1 amide bonds. The Bertz CT molecular complexity index is 317. The van der Waals surface area contributed by atoms with E-state index in [1.54, 1.807) is 0 Å². The van der Waals surface area contributed by atoms with Crippen molar-refractivity contribution in [1.29, 1.82) is 0 Å². The molecule has 2 fully saturated rings. The molecule has 0 aromatic rings. The standard InChI is InChI=1S/C15H29N3OS.2ClH/c1-12-4-3-6-18(9-12)10-13(2)17-15(19)8-14-11-20-7-5-16-14;;/h12-14,16H,3-11H2,1-2H3,(H,17,19);2*1H. The van der Waals surface area contributed by atoms with Crippen LogP contribution in [0.25, 0.3) is 0 Å². The summed E-state index contributed by atoms with van der Waals surface area (Å²) in [5.74, 6) is 3.23. The summed E-state index contributed by atoms with van der Waals surface area (Å²) in [5.41, 5.74) is 0. The van der Waals surface area contributed by atoms with Gasteiger partial charge in [-0.1, -0.05) is 6.92 Å². The van der Waals surface area contributed by atoms with Gasteiger partial charge in [0.15, 0.2) is 0 Å². The Balaban J connectivity index is 0.00000220. The number of rotatable bonds is 5. The Labute approximate surface area is 151 Å². The van der Waals surface area contributed by atoms with Crippen LogP contribution in [0.15, 0.2) is 0 Å². The molecule has 132 valence electrons. The highest BCUT2D eigenvalue weighted by molar-refractivity contribution is 7.99. The van der Waals surface area contributed by atoms with Crippen molar-refractivity contribution in [2.45, 2.75) is 45.2 Å². The maximum absolute atomic E-state index is 12.0. The minimum absolute atomic E-state index is 0. The third kappa shape index (κ3) is 8.25. The molecule has 0 bridgehead atoms. The zero-order chi connectivity index (χ0) is 14.4. The Morgan fingerprint density at radius 2 is 2.23 bits per heavy atom. The van der Waals surface area contributed by atoms with Gasteiger partial charge in [-0.05, 0) is 32.2 Å². The number of amides is 1. The van der Waals surface area contributed by atoms with E-state index in [0.29, 0.717) is 12.5 Å². The number of hydrogen-bond donors (Lipinski definition) is 2. The maximum Gasteiger partial charge on any atom is 0.221 e. The molecule has 2 saturated heterocycles. The molecule has 2 rings (SSSR count). The molecule has 0 aliphatic carbocycles. The second-order valence-corrected chi connectivity index (χ2v) is 7.56. The van der Waals surface area contributed by atoms with Gasteiger partial charge in [0.1, 0.15) is 0 Å². The minimum Gasteiger partial charge on any atom is -0.352 e. The zero-order valence-electron chi connectivity index (χ0n) is 13.7. The molecule has 7 heteroatoms. The number of carbonyl (C=O) groups excluding carboxylic acids is 1. The molecule has 0 radical (unpaired) electrons. The highest BCUT2D eigenvalue weighted by Crippen LogP contribution is 2.15. The van der Waals surface area contributed by atoms with Gasteiger partial charge in [0.25, 0.3) is 0 Å². The SMILES string of the molecule is CC1CCCN(CC(C)NC(=O)CC2CSCCN2)C1.Cl.Cl. The van der Waals surface area contributed by atoms with E-state index in [2.05, 4.69) is 29.4 Å². The predicted molar refractivity (Wildman–Crippen MR) is 101 cm³/mol. The fourth-order valence-electron chi connectivity index (χ4n) is 3.19. The number of nitrogens with zero attached hydrogens (tertiary/aromatic N) is 1. The molecule has 4 nitrogen and oxygen atoms in total. The number of halogens is 2. The normalized spacial score (nSPS) is 27.2. The number of nitrogens with one attached hydrogen (secondary N) is 2. The summed E-state index contributed by atoms with van der Waals surface area (Å²) in [5, 5.41) is 6.58. The maximum atomic E-state index is 12.0. The lowest BCUT2D eigenvalue weighted by atomic mass is 10.00. The third-order valence-corrected chi connectivity index (χ3v) is 5.24. The molecule has 2 aliphatic heterocycles. The van der Waals surface area contributed by atoms with Crippen molar-refractivity contribution < 1.29 is 4.79 Å². The largest absolute Gasteiger partial charge is 0.352 e. The van der Waals surface area contributed by atoms with Gasteiger partial charge in [-0.2, -0.15) is 11.8 Å². The smallest absolute Gasteiger partial charge is 0.221 e. The number of likely N-dealkylation sites (tertiary alicyclic amines) is 1. The summed E-state index contributed by atoms with van der Waals surface area (Å²) in [6.45, 7) is 8.83. The van der Waals surface area contributed by atoms with Crippen molar-refractivity contribution in [3.63, 3.8) is 0 Å². The van der Waals surface area contributed by atoms with Crippen LogP contribution in [0.3, 0.4) is 0 Å². The van der Waals surface area contributed by atoms with E-state index in [0.717, 1.165) is 24.8 Å². The van der Waals surface area contributed by atoms with Crippen molar-refractivity contribution in [3.05, 3.63) is 0 Å². The van der Waals surface area contributed by atoms with Crippen LogP contribution in [0.2, 0.25) is 0 Å². The predicted octanol–water partition coefficient (Wildman–Crippen LogP) is 2.16. The van der Waals surface area contributed by atoms with Crippen molar-refractivity contribution in [2.24, 2.45) is 5.92 Å². The van der Waals surface area contributed by atoms with Crippen LogP contribution >= 0.6 is 36.6 Å². The molecular weight excluding hydrogens is 341 g/mol. The van der Waals surface area contributed by atoms with E-state index in [4.69, 9.17) is 0 Å². The minimum atomic E-state index is 0. The van der Waals surface area contributed by atoms with Crippen molar-refractivity contribution in [1.82, 2.24) is 15.5 Å². The molecule has 3 atom stereocenters. The monoisotopic (exact) mass is 371 g/mol. The second-order valence-electron chi connectivity index (χ2n) is 6.41. The van der Waals surface area contributed by atoms with Gasteiger partial charge in [-0.15, -0.1) is 24.8 Å². The van der Waals surface area contributed by atoms with Crippen LogP contribution in [-0.2, 0) is 4.79 Å². The summed E-state index contributed by atoms with van der Waals surface area (Å²) in [6.07, 6.45) is 3.26. The second kappa shape index (κ2) is 11.8. The van der Waals surface area contributed by atoms with Crippen LogP contribution in [-0.4, -0.2) is 60.6 Å². The average molecular weight is 372 g/mol. The van der Waals surface area contributed by atoms with Gasteiger partial charge < -0.3 is 15.5 Å². The number of piperidine rings is 1. The molecular formula is C15H31Cl2N3OS. The van der Waals surface area contributed by atoms with Crippen LogP contribution in [0.1, 0.15) is 33.1 Å². The first-order valence-corrected chi connectivity index (χ1v) is 9.12. The van der Waals surface area contributed by atoms with Gasteiger partial charge in [0, 0.05) is 49.6 Å². The molecule has 3 unspecified atom stereocenters. The summed E-state index contributed by atoms with van der Waals surface area (Å²) in [6, 6.07) is 0.611. The van der Waals surface area contributed by atoms with Gasteiger partial charge in [0.05, 0.1) is 0 Å². The summed E-state index contributed by atoms with van der Waals surface area (Å²) < 4.78 is 0. The van der Waals surface area contributed by atoms with Gasteiger partial charge >= 0.3 is 0 Å². The number of carbonyl (C=O) groups is 1. The Morgan fingerprint density at radius 3 is 2.86 bits per heavy atom. The number of hydrogen-bond acceptors (Lipinski definition) is 4. The lowest BCUT2D eigenvalue weighted by Crippen LogP contribution is -2.47. The molecule has 2 aliphatic rings. The molecule has 2 N–H and O–H groups in total. The lowest BCUT2D eigenvalue weighted by Gasteiger charge is -2.33. The van der Waals surface area contributed by atoms with Crippen LogP contribution in [0.4, 0.5) is 0 Å². The fourth-order valence-corrected chi connectivity index (χ4v) is 4.14. The molecule has 0 spiro atoms. The highest BCUT2D eigenvalue weighted by atomic mass is 35.5. The molecule has 0 aromatic heterocycles. The van der Waals surface area contributed by atoms with Gasteiger partial charge in [-0.25, -0.2) is 0 Å². The topological polar surface area (TPSA) is 44.4 Å². The van der Waals surface area contributed by atoms with E-state index in [-0.39, 0.29) is 36.8 Å². The van der Waals surface area contributed by atoms with E-state index < -0.39 is 0 Å². The first kappa shape index (κ1) is 22.3. The van der Waals surface area contributed by atoms with E-state index in [1.807, 2.05) is 11.8 Å². The van der Waals surface area contributed by atoms with E-state index in [9.17, 15) is 4.79 Å². The van der Waals surface area contributed by atoms with E-state index >= 15 is 0 Å². The third-order valence-electron chi connectivity index (χ3n) is 4.11. The molecule has 22 heavy (non-hydrogen) atoms. The van der Waals surface area contributed by atoms with Gasteiger partial charge in [0.2, 0.25) is 5.91 Å². The molecule has 0 saturated carbocycles. The molecule has 0 aromatic carbocycles. The number of thioether (sulfide) groups is 1. The highest BCUT2D eigenvalue weighted by Gasteiger charge is 2.20. The molecule has 2 heterocycles. The van der Waals surface area contributed by atoms with E-state index in [1.165, 1.54) is 31.7 Å². The fraction of sp³-hybridized carbons (Fsp3) is 0.933. The van der Waals surface area contributed by atoms with Gasteiger partial charge in [-0.3, -0.25) is 4.79 Å². The van der Waals surface area contributed by atoms with Crippen molar-refractivity contribution >= 4 is 42.5 Å². The summed E-state index contributed by atoms with van der Waals surface area (Å²) >= 11 is 1.94. The first-order valence-electron chi connectivity index (χ1n) is 7.96. The van der Waals surface area contributed by atoms with Crippen LogP contribution in [0.5, 0.6) is 0 Å². The Kier molecular flexibility index (Phi) is 12.0. The Hall–Kier alpha value is 0.320. The zero-order valence-corrected chi connectivity index (χ0v) is 16.1. The lowest BCUT2D eigenvalue weighted by molar-refractivity contribution is -0.122. The van der Waals surface area contributed by atoms with Crippen LogP contribution < -0.4 is 10.6 Å². The van der Waals surface area contributed by atoms with Crippen molar-refractivity contribution in [2.75, 3.05) is 37.7 Å². The first-order chi connectivity index (χ1) is 9.63. The van der Waals surface area contributed by atoms with Crippen LogP contribution in [0, 0.1) is 5.92 Å². The Morgan fingerprint density at radius 1 is 1.45 bits per heavy atom. The summed E-state index contributed by atoms with van der Waals surface area (Å²) in [7, 11) is 0. The van der Waals surface area contributed by atoms with Crippen molar-refractivity contribution in [3.8, 4) is 0 Å². The summed E-state index contributed by atoms with van der Waals surface area (Å²) in [4.78, 5) is 14.5. The quantitative estimate of drug-likeness (QED) is 0.776. The average Bonchev–Trinajstić information content (AvgIpc) is 2.39.